The van der Waals surface area contributed by atoms with Gasteiger partial charge in [0.05, 0.1) is 10.5 Å². The highest BCUT2D eigenvalue weighted by molar-refractivity contribution is 8.18. The van der Waals surface area contributed by atoms with Crippen LogP contribution in [0.15, 0.2) is 75.6 Å². The van der Waals surface area contributed by atoms with Crippen LogP contribution in [-0.4, -0.2) is 5.04 Å². The number of hydrogen-bond donors (Lipinski definition) is 0. The van der Waals surface area contributed by atoms with Gasteiger partial charge in [-0.15, -0.1) is 0 Å². The van der Waals surface area contributed by atoms with E-state index in [1.54, 1.807) is 0 Å². The highest BCUT2D eigenvalue weighted by Crippen LogP contribution is 2.35. The predicted molar refractivity (Wildman–Crippen MR) is 106 cm³/mol. The largest absolute Gasteiger partial charge is 0.316 e. The van der Waals surface area contributed by atoms with Gasteiger partial charge in [-0.1, -0.05) is 58.9 Å². The van der Waals surface area contributed by atoms with Gasteiger partial charge < -0.3 is 4.28 Å². The molecule has 0 unspecified atom stereocenters. The normalized spacial score (nSPS) is 16.8. The van der Waals surface area contributed by atoms with Gasteiger partial charge >= 0.3 is 0 Å². The van der Waals surface area contributed by atoms with Crippen molar-refractivity contribution in [2.24, 2.45) is 5.16 Å². The molecule has 2 aromatic carbocycles. The molecule has 1 aliphatic rings. The summed E-state index contributed by atoms with van der Waals surface area (Å²) in [5.74, 6) is 0. The number of nitrogens with zero attached hydrogens (tertiary/aromatic N) is 2. The Morgan fingerprint density at radius 1 is 1.08 bits per heavy atom. The molecule has 0 spiro atoms. The minimum absolute atomic E-state index is 0.663. The van der Waals surface area contributed by atoms with Gasteiger partial charge in [-0.05, 0) is 49.3 Å². The van der Waals surface area contributed by atoms with Crippen LogP contribution in [0.1, 0.15) is 16.7 Å². The molecule has 124 valence electrons. The van der Waals surface area contributed by atoms with Crippen LogP contribution in [0.2, 0.25) is 0 Å². The number of hydrogen-bond acceptors (Lipinski definition) is 5. The highest BCUT2D eigenvalue weighted by Gasteiger charge is 2.16. The summed E-state index contributed by atoms with van der Waals surface area (Å²) >= 11 is 2.66. The summed E-state index contributed by atoms with van der Waals surface area (Å²) < 4.78 is 5.36. The zero-order chi connectivity index (χ0) is 17.6. The summed E-state index contributed by atoms with van der Waals surface area (Å²) in [5, 5.41) is 14.4. The van der Waals surface area contributed by atoms with Crippen LogP contribution in [0.3, 0.4) is 0 Å². The molecule has 0 aromatic heterocycles. The topological polar surface area (TPSA) is 45.4 Å². The summed E-state index contributed by atoms with van der Waals surface area (Å²) in [6, 6.07) is 18.3. The van der Waals surface area contributed by atoms with E-state index in [9.17, 15) is 5.26 Å². The van der Waals surface area contributed by atoms with E-state index >= 15 is 0 Å². The first-order chi connectivity index (χ1) is 12.2. The number of nitriles is 1. The summed E-state index contributed by atoms with van der Waals surface area (Å²) in [7, 11) is 0. The van der Waals surface area contributed by atoms with Gasteiger partial charge in [-0.2, -0.15) is 5.26 Å². The van der Waals surface area contributed by atoms with E-state index in [0.29, 0.717) is 5.57 Å². The number of benzene rings is 2. The van der Waals surface area contributed by atoms with Gasteiger partial charge in [-0.3, -0.25) is 0 Å². The van der Waals surface area contributed by atoms with Crippen LogP contribution in [0, 0.1) is 25.2 Å². The second kappa shape index (κ2) is 8.11. The lowest BCUT2D eigenvalue weighted by atomic mass is 10.0. The lowest BCUT2D eigenvalue weighted by Gasteiger charge is -2.05. The number of oxime groups is 1. The van der Waals surface area contributed by atoms with E-state index in [0.717, 1.165) is 26.0 Å². The maximum atomic E-state index is 9.57. The van der Waals surface area contributed by atoms with Crippen molar-refractivity contribution in [3.63, 3.8) is 0 Å². The van der Waals surface area contributed by atoms with E-state index in [1.807, 2.05) is 74.5 Å². The number of thioether (sulfide) groups is 1. The Morgan fingerprint density at radius 3 is 2.56 bits per heavy atom. The average Bonchev–Trinajstić information content (AvgIpc) is 3.08. The van der Waals surface area contributed by atoms with Crippen LogP contribution < -0.4 is 0 Å². The number of rotatable bonds is 4. The molecule has 0 bridgehead atoms. The summed E-state index contributed by atoms with van der Waals surface area (Å²) in [5.41, 5.74) is 3.90. The standard InChI is InChI=1S/C20H16N2OS2/c1-14-7-9-16(10-8-14)25-23-22-20-12-11-19(24-20)18(13-21)17-6-4-3-5-15(17)2/h3-12H,1-2H3/b19-18-,22-20+. The molecule has 0 atom stereocenters. The molecular weight excluding hydrogens is 348 g/mol. The molecular formula is C20H16N2OS2. The molecule has 0 radical (unpaired) electrons. The van der Waals surface area contributed by atoms with Crippen molar-refractivity contribution in [1.82, 2.24) is 0 Å². The van der Waals surface area contributed by atoms with Crippen molar-refractivity contribution < 1.29 is 4.28 Å². The van der Waals surface area contributed by atoms with E-state index in [4.69, 9.17) is 4.28 Å². The lowest BCUT2D eigenvalue weighted by Crippen LogP contribution is -1.89. The Morgan fingerprint density at radius 2 is 1.84 bits per heavy atom. The van der Waals surface area contributed by atoms with Gasteiger partial charge in [0, 0.05) is 4.91 Å². The van der Waals surface area contributed by atoms with Crippen LogP contribution in [-0.2, 0) is 4.28 Å². The first-order valence-corrected chi connectivity index (χ1v) is 9.28. The molecule has 0 saturated carbocycles. The third-order valence-corrected chi connectivity index (χ3v) is 5.24. The van der Waals surface area contributed by atoms with E-state index in [2.05, 4.69) is 11.2 Å². The molecule has 1 heterocycles. The quantitative estimate of drug-likeness (QED) is 0.386. The Balaban J connectivity index is 1.70. The van der Waals surface area contributed by atoms with E-state index in [1.165, 1.54) is 29.4 Å². The second-order valence-corrected chi connectivity index (χ2v) is 7.35. The zero-order valence-corrected chi connectivity index (χ0v) is 15.5. The molecule has 0 aliphatic carbocycles. The van der Waals surface area contributed by atoms with Crippen molar-refractivity contribution in [3.05, 3.63) is 82.3 Å². The Labute approximate surface area is 156 Å². The van der Waals surface area contributed by atoms with Crippen molar-refractivity contribution in [1.29, 1.82) is 5.26 Å². The maximum Gasteiger partial charge on any atom is 0.142 e. The van der Waals surface area contributed by atoms with Gasteiger partial charge in [0.25, 0.3) is 0 Å². The van der Waals surface area contributed by atoms with Crippen molar-refractivity contribution in [2.45, 2.75) is 18.7 Å². The van der Waals surface area contributed by atoms with E-state index < -0.39 is 0 Å². The van der Waals surface area contributed by atoms with Gasteiger partial charge in [0.1, 0.15) is 23.2 Å². The van der Waals surface area contributed by atoms with Crippen LogP contribution in [0.25, 0.3) is 5.57 Å². The molecule has 0 saturated heterocycles. The molecule has 3 rings (SSSR count). The monoisotopic (exact) mass is 364 g/mol. The fourth-order valence-electron chi connectivity index (χ4n) is 2.30. The Hall–Kier alpha value is -2.42. The summed E-state index contributed by atoms with van der Waals surface area (Å²) in [6.07, 6.45) is 3.78. The smallest absolute Gasteiger partial charge is 0.142 e. The number of allylic oxidation sites excluding steroid dienone is 2. The van der Waals surface area contributed by atoms with Crippen LogP contribution >= 0.6 is 23.8 Å². The molecule has 0 amide bonds. The average molecular weight is 364 g/mol. The fraction of sp³-hybridized carbons (Fsp3) is 0.100. The maximum absolute atomic E-state index is 9.57. The molecule has 5 heteroatoms. The third kappa shape index (κ3) is 4.36. The molecule has 1 aliphatic heterocycles. The minimum atomic E-state index is 0.663. The summed E-state index contributed by atoms with van der Waals surface area (Å²) in [6.45, 7) is 4.05. The number of aryl methyl sites for hydroxylation is 2. The molecule has 0 fully saturated rings. The van der Waals surface area contributed by atoms with E-state index in [-0.39, 0.29) is 0 Å². The fourth-order valence-corrected chi connectivity index (χ4v) is 3.63. The van der Waals surface area contributed by atoms with Crippen LogP contribution in [0.5, 0.6) is 0 Å². The Kier molecular flexibility index (Phi) is 5.64. The SMILES string of the molecule is Cc1ccc(SO/N=C2C=C/C(=C(\C#N)c3ccccc3C)S\2)cc1. The predicted octanol–water partition coefficient (Wildman–Crippen LogP) is 5.88. The molecule has 3 nitrogen and oxygen atoms in total. The zero-order valence-electron chi connectivity index (χ0n) is 13.9. The van der Waals surface area contributed by atoms with Crippen LogP contribution in [0.4, 0.5) is 0 Å². The Bertz CT molecular complexity index is 906. The first-order valence-electron chi connectivity index (χ1n) is 7.72. The molecule has 25 heavy (non-hydrogen) atoms. The molecule has 2 aromatic rings. The van der Waals surface area contributed by atoms with Gasteiger partial charge in [0.2, 0.25) is 0 Å². The van der Waals surface area contributed by atoms with Crippen molar-refractivity contribution in [3.8, 4) is 6.07 Å². The van der Waals surface area contributed by atoms with Gasteiger partial charge in [-0.25, -0.2) is 0 Å². The summed E-state index contributed by atoms with van der Waals surface area (Å²) in [4.78, 5) is 1.88. The van der Waals surface area contributed by atoms with Crippen molar-refractivity contribution >= 4 is 34.4 Å². The molecule has 0 N–H and O–H groups in total. The second-order valence-electron chi connectivity index (χ2n) is 5.50. The minimum Gasteiger partial charge on any atom is -0.316 e. The van der Waals surface area contributed by atoms with Crippen molar-refractivity contribution in [2.75, 3.05) is 0 Å². The van der Waals surface area contributed by atoms with Gasteiger partial charge in [0.15, 0.2) is 0 Å². The first kappa shape index (κ1) is 17.4. The third-order valence-electron chi connectivity index (χ3n) is 3.65. The lowest BCUT2D eigenvalue weighted by molar-refractivity contribution is 0.408. The highest BCUT2D eigenvalue weighted by atomic mass is 32.2.